The number of para-hydroxylation sites is 1. The summed E-state index contributed by atoms with van der Waals surface area (Å²) in [6, 6.07) is 28.8. The maximum Gasteiger partial charge on any atom is 0.271 e. The molecule has 3 aromatic carbocycles. The highest BCUT2D eigenvalue weighted by Crippen LogP contribution is 2.39. The maximum atomic E-state index is 13.6. The largest absolute Gasteiger partial charge is 0.457 e. The number of amides is 1. The van der Waals surface area contributed by atoms with E-state index in [4.69, 9.17) is 9.41 Å². The molecule has 0 radical (unpaired) electrons. The van der Waals surface area contributed by atoms with E-state index in [9.17, 15) is 14.9 Å². The predicted molar refractivity (Wildman–Crippen MR) is 155 cm³/mol. The van der Waals surface area contributed by atoms with Gasteiger partial charge < -0.3 is 4.42 Å². The molecule has 0 saturated carbocycles. The molecular weight excluding hydrogens is 532 g/mol. The number of hydrogen-bond acceptors (Lipinski definition) is 8. The number of rotatable bonds is 6. The number of furan rings is 1. The van der Waals surface area contributed by atoms with Gasteiger partial charge in [-0.1, -0.05) is 60.7 Å². The second-order valence-corrected chi connectivity index (χ2v) is 10.2. The number of anilines is 1. The Morgan fingerprint density at radius 2 is 1.67 bits per heavy atom. The zero-order valence-corrected chi connectivity index (χ0v) is 21.8. The number of thioether (sulfide) groups is 1. The van der Waals surface area contributed by atoms with Gasteiger partial charge in [0.05, 0.1) is 21.2 Å². The number of carbonyl (C=O) groups excluding carboxylic acids is 1. The molecule has 1 aliphatic rings. The summed E-state index contributed by atoms with van der Waals surface area (Å²) in [5, 5.41) is 14.1. The number of hydrogen-bond donors (Lipinski definition) is 0. The number of nitrogens with zero attached hydrogens (tertiary/aromatic N) is 4. The Kier molecular flexibility index (Phi) is 6.62. The Bertz CT molecular complexity index is 1740. The van der Waals surface area contributed by atoms with Crippen molar-refractivity contribution in [2.75, 3.05) is 4.90 Å². The van der Waals surface area contributed by atoms with Crippen LogP contribution in [0.15, 0.2) is 117 Å². The van der Waals surface area contributed by atoms with Crippen LogP contribution in [0.5, 0.6) is 0 Å². The Morgan fingerprint density at radius 3 is 2.44 bits per heavy atom. The predicted octanol–water partition coefficient (Wildman–Crippen LogP) is 7.79. The molecule has 1 aliphatic heterocycles. The number of thiazole rings is 1. The molecule has 5 aromatic rings. The monoisotopic (exact) mass is 550 g/mol. The lowest BCUT2D eigenvalue weighted by molar-refractivity contribution is -0.384. The minimum Gasteiger partial charge on any atom is -0.457 e. The number of aromatic nitrogens is 1. The first-order valence-corrected chi connectivity index (χ1v) is 13.5. The van der Waals surface area contributed by atoms with Gasteiger partial charge in [-0.25, -0.2) is 4.98 Å². The van der Waals surface area contributed by atoms with Crippen LogP contribution in [0.1, 0.15) is 5.76 Å². The van der Waals surface area contributed by atoms with Crippen molar-refractivity contribution in [1.82, 2.24) is 4.98 Å². The van der Waals surface area contributed by atoms with Crippen LogP contribution in [0.3, 0.4) is 0 Å². The van der Waals surface area contributed by atoms with Crippen molar-refractivity contribution in [2.24, 2.45) is 4.99 Å². The van der Waals surface area contributed by atoms with Gasteiger partial charge in [0.1, 0.15) is 11.5 Å². The van der Waals surface area contributed by atoms with Gasteiger partial charge in [0.2, 0.25) is 5.13 Å². The third-order valence-corrected chi connectivity index (χ3v) is 7.52. The number of aliphatic imine (C=N–C) groups is 1. The van der Waals surface area contributed by atoms with Crippen LogP contribution in [0.25, 0.3) is 28.7 Å². The lowest BCUT2D eigenvalue weighted by atomic mass is 10.1. The van der Waals surface area contributed by atoms with E-state index in [0.29, 0.717) is 38.0 Å². The third kappa shape index (κ3) is 5.15. The van der Waals surface area contributed by atoms with Gasteiger partial charge in [-0.15, -0.1) is 11.3 Å². The molecule has 0 spiro atoms. The Labute approximate surface area is 231 Å². The van der Waals surface area contributed by atoms with E-state index in [0.717, 1.165) is 11.3 Å². The Hall–Kier alpha value is -4.80. The zero-order valence-electron chi connectivity index (χ0n) is 20.1. The quantitative estimate of drug-likeness (QED) is 0.121. The smallest absolute Gasteiger partial charge is 0.271 e. The molecule has 10 heteroatoms. The highest BCUT2D eigenvalue weighted by atomic mass is 32.2. The van der Waals surface area contributed by atoms with Crippen LogP contribution in [-0.4, -0.2) is 21.0 Å². The number of benzene rings is 3. The first-order valence-electron chi connectivity index (χ1n) is 11.8. The van der Waals surface area contributed by atoms with Crippen LogP contribution in [0.2, 0.25) is 0 Å². The SMILES string of the molecule is O=C1/C(=C\c2ccc(-c3cccc([N+](=O)[O-])c3)o2)S/C(=N/c2nc(-c3ccccc3)cs2)N1c1ccccc1. The van der Waals surface area contributed by atoms with Crippen molar-refractivity contribution in [3.05, 3.63) is 123 Å². The first-order chi connectivity index (χ1) is 19.0. The molecule has 39 heavy (non-hydrogen) atoms. The molecule has 0 N–H and O–H groups in total. The first kappa shape index (κ1) is 24.5. The molecule has 0 unspecified atom stereocenters. The van der Waals surface area contributed by atoms with Crippen molar-refractivity contribution in [1.29, 1.82) is 0 Å². The average Bonchev–Trinajstić information content (AvgIpc) is 3.70. The Balaban J connectivity index is 1.33. The van der Waals surface area contributed by atoms with Crippen molar-refractivity contribution < 1.29 is 14.1 Å². The second-order valence-electron chi connectivity index (χ2n) is 8.37. The number of amidine groups is 1. The van der Waals surface area contributed by atoms with Gasteiger partial charge in [0, 0.05) is 34.7 Å². The van der Waals surface area contributed by atoms with Gasteiger partial charge in [0.15, 0.2) is 5.17 Å². The van der Waals surface area contributed by atoms with E-state index < -0.39 is 4.92 Å². The molecule has 6 rings (SSSR count). The zero-order chi connectivity index (χ0) is 26.8. The number of nitro benzene ring substituents is 1. The molecule has 3 heterocycles. The highest BCUT2D eigenvalue weighted by molar-refractivity contribution is 8.19. The molecule has 1 amide bonds. The number of carbonyl (C=O) groups is 1. The van der Waals surface area contributed by atoms with Gasteiger partial charge in [0.25, 0.3) is 11.6 Å². The molecule has 190 valence electrons. The molecular formula is C29H18N4O4S2. The van der Waals surface area contributed by atoms with E-state index in [1.807, 2.05) is 66.0 Å². The van der Waals surface area contributed by atoms with Crippen LogP contribution < -0.4 is 4.90 Å². The van der Waals surface area contributed by atoms with Gasteiger partial charge in [-0.05, 0) is 36.0 Å². The van der Waals surface area contributed by atoms with Gasteiger partial charge in [-0.3, -0.25) is 19.8 Å². The fourth-order valence-electron chi connectivity index (χ4n) is 3.98. The van der Waals surface area contributed by atoms with E-state index in [2.05, 4.69) is 4.98 Å². The molecule has 1 saturated heterocycles. The third-order valence-electron chi connectivity index (χ3n) is 5.82. The van der Waals surface area contributed by atoms with Crippen molar-refractivity contribution in [3.8, 4) is 22.6 Å². The summed E-state index contributed by atoms with van der Waals surface area (Å²) in [4.78, 5) is 35.6. The van der Waals surface area contributed by atoms with E-state index in [1.165, 1.54) is 35.2 Å². The maximum absolute atomic E-state index is 13.6. The summed E-state index contributed by atoms with van der Waals surface area (Å²) < 4.78 is 5.93. The molecule has 0 atom stereocenters. The molecule has 8 nitrogen and oxygen atoms in total. The molecule has 0 bridgehead atoms. The second kappa shape index (κ2) is 10.5. The molecule has 0 aliphatic carbocycles. The molecule has 2 aromatic heterocycles. The van der Waals surface area contributed by atoms with Crippen molar-refractivity contribution in [2.45, 2.75) is 0 Å². The van der Waals surface area contributed by atoms with Crippen LogP contribution in [0.4, 0.5) is 16.5 Å². The van der Waals surface area contributed by atoms with E-state index >= 15 is 0 Å². The number of non-ortho nitro benzene ring substituents is 1. The minimum absolute atomic E-state index is 0.0257. The van der Waals surface area contributed by atoms with E-state index in [1.54, 1.807) is 35.2 Å². The Morgan fingerprint density at radius 1 is 0.923 bits per heavy atom. The summed E-state index contributed by atoms with van der Waals surface area (Å²) >= 11 is 2.64. The van der Waals surface area contributed by atoms with Crippen molar-refractivity contribution in [3.63, 3.8) is 0 Å². The van der Waals surface area contributed by atoms with Gasteiger partial charge >= 0.3 is 0 Å². The molecule has 1 fully saturated rings. The highest BCUT2D eigenvalue weighted by Gasteiger charge is 2.35. The van der Waals surface area contributed by atoms with Crippen LogP contribution in [0, 0.1) is 10.1 Å². The average molecular weight is 551 g/mol. The van der Waals surface area contributed by atoms with Crippen molar-refractivity contribution >= 4 is 56.8 Å². The summed E-state index contributed by atoms with van der Waals surface area (Å²) in [5.74, 6) is 0.673. The van der Waals surface area contributed by atoms with E-state index in [-0.39, 0.29) is 11.6 Å². The summed E-state index contributed by atoms with van der Waals surface area (Å²) in [6.07, 6.45) is 1.66. The fourth-order valence-corrected chi connectivity index (χ4v) is 5.70. The van der Waals surface area contributed by atoms with Gasteiger partial charge in [-0.2, -0.15) is 4.99 Å². The minimum atomic E-state index is -0.451. The van der Waals surface area contributed by atoms with Crippen LogP contribution >= 0.6 is 23.1 Å². The fraction of sp³-hybridized carbons (Fsp3) is 0. The summed E-state index contributed by atoms with van der Waals surface area (Å²) in [7, 11) is 0. The lowest BCUT2D eigenvalue weighted by Gasteiger charge is -2.14. The van der Waals surface area contributed by atoms with Crippen LogP contribution in [-0.2, 0) is 4.79 Å². The summed E-state index contributed by atoms with van der Waals surface area (Å²) in [5.41, 5.74) is 3.05. The standard InChI is InChI=1S/C29H18N4O4S2/c34-27-26(17-23-14-15-25(37-23)20-10-7-13-22(16-20)33(35)36)39-29(32(27)21-11-5-2-6-12-21)31-28-30-24(18-38-28)19-8-3-1-4-9-19/h1-18H/b26-17+,31-29+. The topological polar surface area (TPSA) is 102 Å². The number of nitro groups is 1. The summed E-state index contributed by atoms with van der Waals surface area (Å²) in [6.45, 7) is 0. The normalized spacial score (nSPS) is 15.4. The lowest BCUT2D eigenvalue weighted by Crippen LogP contribution is -2.28.